The molecule has 1 amide bonds. The van der Waals surface area contributed by atoms with E-state index in [0.29, 0.717) is 18.5 Å². The summed E-state index contributed by atoms with van der Waals surface area (Å²) in [6, 6.07) is 14.2. The van der Waals surface area contributed by atoms with E-state index in [1.54, 1.807) is 30.0 Å². The van der Waals surface area contributed by atoms with Gasteiger partial charge < -0.3 is 9.64 Å². The van der Waals surface area contributed by atoms with Crippen molar-refractivity contribution in [1.82, 2.24) is 0 Å². The Morgan fingerprint density at radius 3 is 2.69 bits per heavy atom. The number of fused-ring (bicyclic) bond motifs is 1. The van der Waals surface area contributed by atoms with Gasteiger partial charge in [-0.2, -0.15) is 0 Å². The summed E-state index contributed by atoms with van der Waals surface area (Å²) in [5, 5.41) is 0. The van der Waals surface area contributed by atoms with E-state index in [9.17, 15) is 14.0 Å². The van der Waals surface area contributed by atoms with Crippen LogP contribution < -0.4 is 4.90 Å². The van der Waals surface area contributed by atoms with Crippen LogP contribution in [-0.4, -0.2) is 24.5 Å². The molecule has 2 aliphatic rings. The van der Waals surface area contributed by atoms with E-state index in [-0.39, 0.29) is 23.6 Å². The standard InChI is InChI=1S/C21H20FNO3/c1-13(20(24)23-11-10-14-6-2-5-9-19(14)23)26-21(25)17-12-16(17)15-7-3-4-8-18(15)22/h2-9,13,16-17H,10-12H2,1H3/t13-,16-,17+/m0/s1. The molecule has 1 aliphatic carbocycles. The molecule has 5 heteroatoms. The third-order valence-electron chi connectivity index (χ3n) is 5.19. The largest absolute Gasteiger partial charge is 0.452 e. The van der Waals surface area contributed by atoms with Gasteiger partial charge in [-0.15, -0.1) is 0 Å². The summed E-state index contributed by atoms with van der Waals surface area (Å²) in [6.45, 7) is 2.20. The van der Waals surface area contributed by atoms with Gasteiger partial charge in [-0.3, -0.25) is 9.59 Å². The molecule has 4 nitrogen and oxygen atoms in total. The van der Waals surface area contributed by atoms with Gasteiger partial charge >= 0.3 is 5.97 Å². The van der Waals surface area contributed by atoms with Crippen LogP contribution in [0.4, 0.5) is 10.1 Å². The zero-order valence-electron chi connectivity index (χ0n) is 14.5. The van der Waals surface area contributed by atoms with Crippen LogP contribution in [0.5, 0.6) is 0 Å². The van der Waals surface area contributed by atoms with E-state index in [0.717, 1.165) is 17.7 Å². The molecule has 4 rings (SSSR count). The Balaban J connectivity index is 1.38. The van der Waals surface area contributed by atoms with E-state index in [2.05, 4.69) is 0 Å². The van der Waals surface area contributed by atoms with Crippen molar-refractivity contribution in [2.24, 2.45) is 5.92 Å². The van der Waals surface area contributed by atoms with Crippen LogP contribution in [0.1, 0.15) is 30.4 Å². The van der Waals surface area contributed by atoms with Crippen molar-refractivity contribution in [3.05, 3.63) is 65.5 Å². The van der Waals surface area contributed by atoms with Gasteiger partial charge in [0.15, 0.2) is 6.10 Å². The summed E-state index contributed by atoms with van der Waals surface area (Å²) in [6.07, 6.45) is 0.517. The van der Waals surface area contributed by atoms with Crippen LogP contribution >= 0.6 is 0 Å². The Bertz CT molecular complexity index is 866. The molecule has 0 bridgehead atoms. The number of hydrogen-bond acceptors (Lipinski definition) is 3. The topological polar surface area (TPSA) is 46.6 Å². The molecule has 2 aromatic rings. The number of para-hydroxylation sites is 1. The normalized spacial score (nSPS) is 21.8. The van der Waals surface area contributed by atoms with Crippen LogP contribution in [-0.2, 0) is 20.7 Å². The zero-order chi connectivity index (χ0) is 18.3. The van der Waals surface area contributed by atoms with Crippen molar-refractivity contribution < 1.29 is 18.7 Å². The second-order valence-electron chi connectivity index (χ2n) is 6.92. The minimum atomic E-state index is -0.851. The van der Waals surface area contributed by atoms with Crippen LogP contribution in [0.3, 0.4) is 0 Å². The lowest BCUT2D eigenvalue weighted by atomic mass is 10.1. The van der Waals surface area contributed by atoms with Gasteiger partial charge in [0, 0.05) is 18.2 Å². The van der Waals surface area contributed by atoms with Gasteiger partial charge in [0.05, 0.1) is 5.92 Å². The summed E-state index contributed by atoms with van der Waals surface area (Å²) in [4.78, 5) is 26.7. The number of rotatable bonds is 4. The fourth-order valence-corrected chi connectivity index (χ4v) is 3.67. The minimum Gasteiger partial charge on any atom is -0.452 e. The number of amides is 1. The quantitative estimate of drug-likeness (QED) is 0.791. The van der Waals surface area contributed by atoms with Crippen LogP contribution in [0.25, 0.3) is 0 Å². The maximum atomic E-state index is 13.8. The lowest BCUT2D eigenvalue weighted by Crippen LogP contribution is -2.39. The first-order valence-corrected chi connectivity index (χ1v) is 8.90. The summed E-state index contributed by atoms with van der Waals surface area (Å²) in [5.74, 6) is -1.46. The minimum absolute atomic E-state index is 0.154. The molecule has 1 saturated carbocycles. The molecule has 3 atom stereocenters. The highest BCUT2D eigenvalue weighted by Crippen LogP contribution is 2.49. The average Bonchev–Trinajstić information content (AvgIpc) is 3.33. The van der Waals surface area contributed by atoms with Crippen molar-refractivity contribution in [3.8, 4) is 0 Å². The zero-order valence-corrected chi connectivity index (χ0v) is 14.5. The van der Waals surface area contributed by atoms with Crippen LogP contribution in [0, 0.1) is 11.7 Å². The first-order valence-electron chi connectivity index (χ1n) is 8.90. The number of hydrogen-bond donors (Lipinski definition) is 0. The second-order valence-corrected chi connectivity index (χ2v) is 6.92. The molecule has 0 aromatic heterocycles. The summed E-state index contributed by atoms with van der Waals surface area (Å²) in [7, 11) is 0. The number of carbonyl (C=O) groups excluding carboxylic acids is 2. The Labute approximate surface area is 151 Å². The molecule has 0 N–H and O–H groups in total. The van der Waals surface area contributed by atoms with Gasteiger partial charge in [0.2, 0.25) is 0 Å². The Hall–Kier alpha value is -2.69. The van der Waals surface area contributed by atoms with Gasteiger partial charge in [0.25, 0.3) is 5.91 Å². The van der Waals surface area contributed by atoms with Crippen molar-refractivity contribution in [2.45, 2.75) is 31.8 Å². The monoisotopic (exact) mass is 353 g/mol. The maximum absolute atomic E-state index is 13.8. The number of nitrogens with zero attached hydrogens (tertiary/aromatic N) is 1. The number of esters is 1. The molecule has 0 saturated heterocycles. The molecule has 134 valence electrons. The summed E-state index contributed by atoms with van der Waals surface area (Å²) >= 11 is 0. The van der Waals surface area contributed by atoms with Crippen molar-refractivity contribution >= 4 is 17.6 Å². The number of anilines is 1. The lowest BCUT2D eigenvalue weighted by Gasteiger charge is -2.21. The highest BCUT2D eigenvalue weighted by Gasteiger charge is 2.47. The molecule has 0 unspecified atom stereocenters. The van der Waals surface area contributed by atoms with Crippen molar-refractivity contribution in [2.75, 3.05) is 11.4 Å². The molecule has 26 heavy (non-hydrogen) atoms. The molecular weight excluding hydrogens is 333 g/mol. The van der Waals surface area contributed by atoms with Crippen LogP contribution in [0.2, 0.25) is 0 Å². The van der Waals surface area contributed by atoms with E-state index in [1.807, 2.05) is 24.3 Å². The number of benzene rings is 2. The third kappa shape index (κ3) is 2.98. The fraction of sp³-hybridized carbons (Fsp3) is 0.333. The number of halogens is 1. The first kappa shape index (κ1) is 16.8. The average molecular weight is 353 g/mol. The molecule has 1 aliphatic heterocycles. The Morgan fingerprint density at radius 1 is 1.15 bits per heavy atom. The van der Waals surface area contributed by atoms with E-state index < -0.39 is 12.1 Å². The SMILES string of the molecule is C[C@H](OC(=O)[C@@H]1C[C@H]1c1ccccc1F)C(=O)N1CCc2ccccc21. The molecule has 1 fully saturated rings. The molecular formula is C21H20FNO3. The summed E-state index contributed by atoms with van der Waals surface area (Å²) in [5.41, 5.74) is 2.55. The Kier molecular flexibility index (Phi) is 4.23. The van der Waals surface area contributed by atoms with E-state index in [1.165, 1.54) is 6.07 Å². The molecule has 1 heterocycles. The predicted molar refractivity (Wildman–Crippen MR) is 95.3 cm³/mol. The van der Waals surface area contributed by atoms with E-state index >= 15 is 0 Å². The molecule has 0 radical (unpaired) electrons. The second kappa shape index (κ2) is 6.56. The number of carbonyl (C=O) groups is 2. The smallest absolute Gasteiger partial charge is 0.310 e. The summed E-state index contributed by atoms with van der Waals surface area (Å²) < 4.78 is 19.2. The lowest BCUT2D eigenvalue weighted by molar-refractivity contribution is -0.155. The van der Waals surface area contributed by atoms with Crippen LogP contribution in [0.15, 0.2) is 48.5 Å². The maximum Gasteiger partial charge on any atom is 0.310 e. The van der Waals surface area contributed by atoms with Crippen molar-refractivity contribution in [1.29, 1.82) is 0 Å². The van der Waals surface area contributed by atoms with Gasteiger partial charge in [0.1, 0.15) is 5.82 Å². The molecule has 2 aromatic carbocycles. The molecule has 0 spiro atoms. The number of ether oxygens (including phenoxy) is 1. The van der Waals surface area contributed by atoms with E-state index in [4.69, 9.17) is 4.74 Å². The first-order chi connectivity index (χ1) is 12.6. The van der Waals surface area contributed by atoms with Gasteiger partial charge in [-0.05, 0) is 43.0 Å². The third-order valence-corrected chi connectivity index (χ3v) is 5.19. The fourth-order valence-electron chi connectivity index (χ4n) is 3.67. The van der Waals surface area contributed by atoms with Gasteiger partial charge in [-0.1, -0.05) is 36.4 Å². The predicted octanol–water partition coefficient (Wildman–Crippen LogP) is 3.45. The van der Waals surface area contributed by atoms with Gasteiger partial charge in [-0.25, -0.2) is 4.39 Å². The Morgan fingerprint density at radius 2 is 1.88 bits per heavy atom. The highest BCUT2D eigenvalue weighted by atomic mass is 19.1. The van der Waals surface area contributed by atoms with Crippen molar-refractivity contribution in [3.63, 3.8) is 0 Å². The highest BCUT2D eigenvalue weighted by molar-refractivity contribution is 5.99.